The van der Waals surface area contributed by atoms with Gasteiger partial charge < -0.3 is 16.0 Å². The summed E-state index contributed by atoms with van der Waals surface area (Å²) in [7, 11) is 3.99. The molecule has 0 fully saturated rings. The molecular weight excluding hydrogens is 250 g/mol. The molecule has 0 aliphatic rings. The maximum absolute atomic E-state index is 12.1. The third-order valence-corrected chi connectivity index (χ3v) is 3.40. The fourth-order valence-corrected chi connectivity index (χ4v) is 1.99. The van der Waals surface area contributed by atoms with Crippen molar-refractivity contribution >= 4 is 17.3 Å². The van der Waals surface area contributed by atoms with Crippen molar-refractivity contribution in [3.8, 4) is 0 Å². The van der Waals surface area contributed by atoms with Crippen molar-refractivity contribution in [2.24, 2.45) is 11.7 Å². The monoisotopic (exact) mass is 277 g/mol. The minimum Gasteiger partial charge on any atom is -0.378 e. The molecule has 0 radical (unpaired) electrons. The fraction of sp³-hybridized carbons (Fsp3) is 0.562. The van der Waals surface area contributed by atoms with Crippen molar-refractivity contribution in [3.05, 3.63) is 24.3 Å². The molecule has 1 amide bonds. The van der Waals surface area contributed by atoms with E-state index < -0.39 is 0 Å². The van der Waals surface area contributed by atoms with E-state index in [1.807, 2.05) is 57.1 Å². The van der Waals surface area contributed by atoms with Gasteiger partial charge in [0.05, 0.1) is 0 Å². The van der Waals surface area contributed by atoms with Gasteiger partial charge in [-0.3, -0.25) is 4.79 Å². The lowest BCUT2D eigenvalue weighted by atomic mass is 10.0. The quantitative estimate of drug-likeness (QED) is 0.805. The Labute approximate surface area is 122 Å². The van der Waals surface area contributed by atoms with Gasteiger partial charge in [0.15, 0.2) is 0 Å². The molecule has 0 saturated carbocycles. The predicted molar refractivity (Wildman–Crippen MR) is 86.1 cm³/mol. The van der Waals surface area contributed by atoms with Crippen molar-refractivity contribution in [3.63, 3.8) is 0 Å². The van der Waals surface area contributed by atoms with E-state index in [0.717, 1.165) is 30.6 Å². The smallest absolute Gasteiger partial charge is 0.227 e. The molecule has 20 heavy (non-hydrogen) atoms. The zero-order valence-corrected chi connectivity index (χ0v) is 13.0. The topological polar surface area (TPSA) is 58.4 Å². The molecule has 0 saturated heterocycles. The highest BCUT2D eigenvalue weighted by atomic mass is 16.1. The van der Waals surface area contributed by atoms with Gasteiger partial charge in [0.25, 0.3) is 0 Å². The molecule has 0 aliphatic carbocycles. The number of rotatable bonds is 7. The predicted octanol–water partition coefficient (Wildman–Crippen LogP) is 2.84. The van der Waals surface area contributed by atoms with E-state index in [2.05, 4.69) is 5.32 Å². The van der Waals surface area contributed by atoms with Gasteiger partial charge in [-0.1, -0.05) is 13.3 Å². The standard InChI is InChI=1S/C16H27N3O/c1-12(6-5-7-13(2)17)16(20)18-14-8-10-15(11-9-14)19(3)4/h8-13H,5-7,17H2,1-4H3,(H,18,20). The number of nitrogens with one attached hydrogen (secondary N) is 1. The first kappa shape index (κ1) is 16.5. The molecule has 112 valence electrons. The minimum absolute atomic E-state index is 0.0160. The molecule has 0 aliphatic heterocycles. The van der Waals surface area contributed by atoms with Crippen molar-refractivity contribution in [1.29, 1.82) is 0 Å². The SMILES string of the molecule is CC(N)CCCC(C)C(=O)Nc1ccc(N(C)C)cc1. The molecule has 4 heteroatoms. The zero-order valence-electron chi connectivity index (χ0n) is 13.0. The fourth-order valence-electron chi connectivity index (χ4n) is 1.99. The lowest BCUT2D eigenvalue weighted by molar-refractivity contribution is -0.119. The van der Waals surface area contributed by atoms with Crippen molar-refractivity contribution < 1.29 is 4.79 Å². The number of benzene rings is 1. The van der Waals surface area contributed by atoms with E-state index >= 15 is 0 Å². The summed E-state index contributed by atoms with van der Waals surface area (Å²) in [5.74, 6) is 0.0922. The largest absolute Gasteiger partial charge is 0.378 e. The second-order valence-electron chi connectivity index (χ2n) is 5.74. The summed E-state index contributed by atoms with van der Waals surface area (Å²) in [6.07, 6.45) is 2.84. The van der Waals surface area contributed by atoms with E-state index in [1.165, 1.54) is 0 Å². The lowest BCUT2D eigenvalue weighted by Crippen LogP contribution is -2.21. The average molecular weight is 277 g/mol. The van der Waals surface area contributed by atoms with Crippen LogP contribution < -0.4 is 16.0 Å². The molecule has 0 spiro atoms. The van der Waals surface area contributed by atoms with Crippen LogP contribution in [0.15, 0.2) is 24.3 Å². The van der Waals surface area contributed by atoms with Gasteiger partial charge in [0.2, 0.25) is 5.91 Å². The number of nitrogens with zero attached hydrogens (tertiary/aromatic N) is 1. The molecule has 0 aromatic heterocycles. The van der Waals surface area contributed by atoms with Gasteiger partial charge in [-0.25, -0.2) is 0 Å². The van der Waals surface area contributed by atoms with Gasteiger partial charge in [0.1, 0.15) is 0 Å². The maximum atomic E-state index is 12.1. The Morgan fingerprint density at radius 1 is 1.20 bits per heavy atom. The number of nitrogens with two attached hydrogens (primary N) is 1. The normalized spacial score (nSPS) is 13.7. The van der Waals surface area contributed by atoms with Crippen LogP contribution in [0.4, 0.5) is 11.4 Å². The highest BCUT2D eigenvalue weighted by molar-refractivity contribution is 5.92. The Balaban J connectivity index is 2.44. The van der Waals surface area contributed by atoms with Crippen LogP contribution in [-0.2, 0) is 4.79 Å². The first-order valence-electron chi connectivity index (χ1n) is 7.24. The number of amides is 1. The van der Waals surface area contributed by atoms with E-state index in [0.29, 0.717) is 0 Å². The summed E-state index contributed by atoms with van der Waals surface area (Å²) in [4.78, 5) is 14.1. The van der Waals surface area contributed by atoms with Gasteiger partial charge in [0, 0.05) is 37.4 Å². The van der Waals surface area contributed by atoms with Gasteiger partial charge >= 0.3 is 0 Å². The lowest BCUT2D eigenvalue weighted by Gasteiger charge is -2.15. The summed E-state index contributed by atoms with van der Waals surface area (Å²) in [6.45, 7) is 3.96. The number of carbonyl (C=O) groups is 1. The Hall–Kier alpha value is -1.55. The van der Waals surface area contributed by atoms with E-state index in [4.69, 9.17) is 5.73 Å². The second kappa shape index (κ2) is 7.90. The molecule has 2 unspecified atom stereocenters. The van der Waals surface area contributed by atoms with Crippen molar-refractivity contribution in [2.45, 2.75) is 39.2 Å². The van der Waals surface area contributed by atoms with Crippen LogP contribution >= 0.6 is 0 Å². The number of anilines is 2. The molecule has 1 rings (SSSR count). The minimum atomic E-state index is 0.0160. The van der Waals surface area contributed by atoms with Crippen LogP contribution in [0.2, 0.25) is 0 Å². The number of hydrogen-bond donors (Lipinski definition) is 2. The molecule has 1 aromatic rings. The highest BCUT2D eigenvalue weighted by Crippen LogP contribution is 2.17. The van der Waals surface area contributed by atoms with Crippen LogP contribution in [0.5, 0.6) is 0 Å². The third-order valence-electron chi connectivity index (χ3n) is 3.40. The van der Waals surface area contributed by atoms with Gasteiger partial charge in [-0.15, -0.1) is 0 Å². The zero-order chi connectivity index (χ0) is 15.1. The number of carbonyl (C=O) groups excluding carboxylic acids is 1. The first-order chi connectivity index (χ1) is 9.40. The summed E-state index contributed by atoms with van der Waals surface area (Å²) < 4.78 is 0. The Bertz CT molecular complexity index is 412. The third kappa shape index (κ3) is 5.61. The van der Waals surface area contributed by atoms with Crippen LogP contribution in [0.1, 0.15) is 33.1 Å². The summed E-state index contributed by atoms with van der Waals surface area (Å²) in [5, 5.41) is 2.96. The van der Waals surface area contributed by atoms with Crippen molar-refractivity contribution in [1.82, 2.24) is 0 Å². The maximum Gasteiger partial charge on any atom is 0.227 e. The van der Waals surface area contributed by atoms with E-state index in [9.17, 15) is 4.79 Å². The molecule has 1 aromatic carbocycles. The van der Waals surface area contributed by atoms with Crippen LogP contribution in [0.25, 0.3) is 0 Å². The average Bonchev–Trinajstić information content (AvgIpc) is 2.38. The molecule has 2 atom stereocenters. The van der Waals surface area contributed by atoms with E-state index in [-0.39, 0.29) is 17.9 Å². The molecule has 0 bridgehead atoms. The Morgan fingerprint density at radius 3 is 2.30 bits per heavy atom. The summed E-state index contributed by atoms with van der Waals surface area (Å²) in [5.41, 5.74) is 7.68. The van der Waals surface area contributed by atoms with Crippen LogP contribution in [0, 0.1) is 5.92 Å². The highest BCUT2D eigenvalue weighted by Gasteiger charge is 2.13. The van der Waals surface area contributed by atoms with Crippen molar-refractivity contribution in [2.75, 3.05) is 24.3 Å². The van der Waals surface area contributed by atoms with Crippen LogP contribution in [-0.4, -0.2) is 26.0 Å². The molecule has 3 N–H and O–H groups in total. The first-order valence-corrected chi connectivity index (χ1v) is 7.24. The van der Waals surface area contributed by atoms with E-state index in [1.54, 1.807) is 0 Å². The molecular formula is C16H27N3O. The number of hydrogen-bond acceptors (Lipinski definition) is 3. The van der Waals surface area contributed by atoms with Gasteiger partial charge in [-0.05, 0) is 44.0 Å². The van der Waals surface area contributed by atoms with Gasteiger partial charge in [-0.2, -0.15) is 0 Å². The Morgan fingerprint density at radius 2 is 1.80 bits per heavy atom. The summed E-state index contributed by atoms with van der Waals surface area (Å²) >= 11 is 0. The second-order valence-corrected chi connectivity index (χ2v) is 5.74. The van der Waals surface area contributed by atoms with Crippen LogP contribution in [0.3, 0.4) is 0 Å². The molecule has 4 nitrogen and oxygen atoms in total. The Kier molecular flexibility index (Phi) is 6.52. The molecule has 0 heterocycles. The summed E-state index contributed by atoms with van der Waals surface area (Å²) in [6, 6.07) is 8.07.